The number of nitriles is 1. The third-order valence-corrected chi connectivity index (χ3v) is 2.28. The molecule has 4 nitrogen and oxygen atoms in total. The van der Waals surface area contributed by atoms with Crippen LogP contribution in [0.3, 0.4) is 0 Å². The Labute approximate surface area is 91.3 Å². The number of carbonyl (C=O) groups is 1. The van der Waals surface area contributed by atoms with Gasteiger partial charge in [0.2, 0.25) is 5.91 Å². The largest absolute Gasteiger partial charge is 0.389 e. The Morgan fingerprint density at radius 2 is 1.93 bits per heavy atom. The minimum absolute atomic E-state index is 0.00711. The number of aliphatic hydroxyl groups is 1. The first-order valence-electron chi connectivity index (χ1n) is 5.44. The number of hydrogen-bond donors (Lipinski definition) is 2. The summed E-state index contributed by atoms with van der Waals surface area (Å²) in [6, 6.07) is 1.83. The average molecular weight is 212 g/mol. The van der Waals surface area contributed by atoms with Gasteiger partial charge in [0.25, 0.3) is 0 Å². The molecule has 0 aromatic heterocycles. The van der Waals surface area contributed by atoms with Crippen molar-refractivity contribution in [2.24, 2.45) is 0 Å². The molecular formula is C11H20N2O2. The molecule has 15 heavy (non-hydrogen) atoms. The monoisotopic (exact) mass is 212 g/mol. The lowest BCUT2D eigenvalue weighted by molar-refractivity contribution is -0.126. The van der Waals surface area contributed by atoms with Crippen molar-refractivity contribution in [1.29, 1.82) is 5.26 Å². The van der Waals surface area contributed by atoms with Crippen LogP contribution in [0.4, 0.5) is 0 Å². The molecule has 0 aliphatic carbocycles. The second kappa shape index (κ2) is 7.24. The van der Waals surface area contributed by atoms with Gasteiger partial charge in [-0.1, -0.05) is 26.7 Å². The Hall–Kier alpha value is -1.08. The van der Waals surface area contributed by atoms with Gasteiger partial charge < -0.3 is 10.4 Å². The lowest BCUT2D eigenvalue weighted by atomic mass is 9.89. The van der Waals surface area contributed by atoms with Crippen molar-refractivity contribution in [3.05, 3.63) is 0 Å². The maximum atomic E-state index is 11.3. The topological polar surface area (TPSA) is 73.1 Å². The third kappa shape index (κ3) is 6.08. The summed E-state index contributed by atoms with van der Waals surface area (Å²) in [6.45, 7) is 3.97. The molecule has 0 rings (SSSR count). The van der Waals surface area contributed by atoms with Crippen LogP contribution < -0.4 is 5.32 Å². The van der Waals surface area contributed by atoms with E-state index in [4.69, 9.17) is 5.26 Å². The summed E-state index contributed by atoms with van der Waals surface area (Å²) in [5.41, 5.74) is -0.900. The van der Waals surface area contributed by atoms with Gasteiger partial charge in [0.15, 0.2) is 0 Å². The fraction of sp³-hybridized carbons (Fsp3) is 0.818. The van der Waals surface area contributed by atoms with Crippen molar-refractivity contribution < 1.29 is 9.90 Å². The zero-order chi connectivity index (χ0) is 11.7. The highest BCUT2D eigenvalue weighted by Crippen LogP contribution is 2.23. The summed E-state index contributed by atoms with van der Waals surface area (Å²) in [7, 11) is 0. The first kappa shape index (κ1) is 13.9. The van der Waals surface area contributed by atoms with Crippen molar-refractivity contribution in [2.75, 3.05) is 6.54 Å². The van der Waals surface area contributed by atoms with Gasteiger partial charge in [-0.2, -0.15) is 5.26 Å². The Bertz CT molecular complexity index is 227. The summed E-state index contributed by atoms with van der Waals surface area (Å²) < 4.78 is 0. The zero-order valence-corrected chi connectivity index (χ0v) is 9.55. The highest BCUT2D eigenvalue weighted by molar-refractivity contribution is 5.77. The van der Waals surface area contributed by atoms with E-state index in [1.165, 1.54) is 0 Å². The number of nitrogens with zero attached hydrogens (tertiary/aromatic N) is 1. The minimum atomic E-state index is -0.900. The van der Waals surface area contributed by atoms with E-state index < -0.39 is 5.60 Å². The van der Waals surface area contributed by atoms with E-state index in [2.05, 4.69) is 5.32 Å². The van der Waals surface area contributed by atoms with E-state index in [1.54, 1.807) is 0 Å². The third-order valence-electron chi connectivity index (χ3n) is 2.28. The SMILES string of the molecule is CCCC(O)(CCC)CC(=O)NCC#N. The van der Waals surface area contributed by atoms with Crippen LogP contribution in [-0.2, 0) is 4.79 Å². The van der Waals surface area contributed by atoms with Gasteiger partial charge in [-0.25, -0.2) is 0 Å². The summed E-state index contributed by atoms with van der Waals surface area (Å²) in [4.78, 5) is 11.3. The summed E-state index contributed by atoms with van der Waals surface area (Å²) >= 11 is 0. The fourth-order valence-electron chi connectivity index (χ4n) is 1.73. The van der Waals surface area contributed by atoms with Gasteiger partial charge in [-0.15, -0.1) is 0 Å². The summed E-state index contributed by atoms with van der Waals surface area (Å²) in [6.07, 6.45) is 3.04. The molecule has 0 aliphatic heterocycles. The van der Waals surface area contributed by atoms with Gasteiger partial charge in [0.1, 0.15) is 6.54 Å². The van der Waals surface area contributed by atoms with Gasteiger partial charge in [0.05, 0.1) is 18.1 Å². The maximum absolute atomic E-state index is 11.3. The zero-order valence-electron chi connectivity index (χ0n) is 9.55. The van der Waals surface area contributed by atoms with Crippen LogP contribution >= 0.6 is 0 Å². The van der Waals surface area contributed by atoms with Crippen molar-refractivity contribution in [1.82, 2.24) is 5.32 Å². The minimum Gasteiger partial charge on any atom is -0.389 e. The Kier molecular flexibility index (Phi) is 6.72. The first-order chi connectivity index (χ1) is 7.08. The van der Waals surface area contributed by atoms with Gasteiger partial charge in [-0.05, 0) is 12.8 Å². The van der Waals surface area contributed by atoms with Crippen LogP contribution in [0.5, 0.6) is 0 Å². The Morgan fingerprint density at radius 1 is 1.40 bits per heavy atom. The molecule has 0 spiro atoms. The van der Waals surface area contributed by atoms with E-state index in [-0.39, 0.29) is 18.9 Å². The molecule has 4 heteroatoms. The van der Waals surface area contributed by atoms with Gasteiger partial charge in [-0.3, -0.25) is 4.79 Å². The molecule has 0 aromatic carbocycles. The van der Waals surface area contributed by atoms with E-state index in [1.807, 2.05) is 19.9 Å². The number of carbonyl (C=O) groups excluding carboxylic acids is 1. The highest BCUT2D eigenvalue weighted by Gasteiger charge is 2.27. The Morgan fingerprint density at radius 3 is 2.33 bits per heavy atom. The van der Waals surface area contributed by atoms with E-state index in [9.17, 15) is 9.90 Å². The maximum Gasteiger partial charge on any atom is 0.223 e. The molecule has 1 amide bonds. The van der Waals surface area contributed by atoms with Crippen LogP contribution in [-0.4, -0.2) is 23.2 Å². The number of hydrogen-bond acceptors (Lipinski definition) is 3. The smallest absolute Gasteiger partial charge is 0.223 e. The van der Waals surface area contributed by atoms with Crippen molar-refractivity contribution in [3.8, 4) is 6.07 Å². The van der Waals surface area contributed by atoms with Crippen LogP contribution in [0.15, 0.2) is 0 Å². The molecule has 0 saturated heterocycles. The predicted molar refractivity (Wildman–Crippen MR) is 58.0 cm³/mol. The molecule has 0 fully saturated rings. The van der Waals surface area contributed by atoms with E-state index in [0.29, 0.717) is 12.8 Å². The predicted octanol–water partition coefficient (Wildman–Crippen LogP) is 1.35. The van der Waals surface area contributed by atoms with Crippen LogP contribution in [0, 0.1) is 11.3 Å². The summed E-state index contributed by atoms with van der Waals surface area (Å²) in [5, 5.41) is 20.9. The standard InChI is InChI=1S/C11H20N2O2/c1-3-5-11(15,6-4-2)9-10(14)13-8-7-12/h15H,3-6,8-9H2,1-2H3,(H,13,14). The molecule has 0 aliphatic rings. The average Bonchev–Trinajstić information content (AvgIpc) is 2.15. The molecule has 2 N–H and O–H groups in total. The number of amides is 1. The van der Waals surface area contributed by atoms with Gasteiger partial charge >= 0.3 is 0 Å². The molecule has 0 bridgehead atoms. The molecule has 0 unspecified atom stereocenters. The van der Waals surface area contributed by atoms with Crippen molar-refractivity contribution >= 4 is 5.91 Å². The molecule has 0 saturated carbocycles. The quantitative estimate of drug-likeness (QED) is 0.625. The molecular weight excluding hydrogens is 192 g/mol. The molecule has 86 valence electrons. The molecule has 0 atom stereocenters. The Balaban J connectivity index is 4.15. The lowest BCUT2D eigenvalue weighted by Crippen LogP contribution is -2.36. The summed E-state index contributed by atoms with van der Waals surface area (Å²) in [5.74, 6) is -0.249. The normalized spacial score (nSPS) is 10.8. The van der Waals surface area contributed by atoms with E-state index in [0.717, 1.165) is 12.8 Å². The van der Waals surface area contributed by atoms with Crippen LogP contribution in [0.2, 0.25) is 0 Å². The molecule has 0 aromatic rings. The highest BCUT2D eigenvalue weighted by atomic mass is 16.3. The molecule has 0 radical (unpaired) electrons. The second-order valence-corrected chi connectivity index (χ2v) is 3.84. The van der Waals surface area contributed by atoms with Crippen LogP contribution in [0.25, 0.3) is 0 Å². The molecule has 0 heterocycles. The van der Waals surface area contributed by atoms with E-state index >= 15 is 0 Å². The first-order valence-corrected chi connectivity index (χ1v) is 5.44. The van der Waals surface area contributed by atoms with Crippen molar-refractivity contribution in [3.63, 3.8) is 0 Å². The second-order valence-electron chi connectivity index (χ2n) is 3.84. The van der Waals surface area contributed by atoms with Crippen LogP contribution in [0.1, 0.15) is 46.0 Å². The number of rotatable bonds is 7. The number of nitrogens with one attached hydrogen (secondary N) is 1. The fourth-order valence-corrected chi connectivity index (χ4v) is 1.73. The van der Waals surface area contributed by atoms with Crippen molar-refractivity contribution in [2.45, 2.75) is 51.6 Å². The van der Waals surface area contributed by atoms with Gasteiger partial charge in [0, 0.05) is 0 Å². The lowest BCUT2D eigenvalue weighted by Gasteiger charge is -2.26.